The monoisotopic (exact) mass is 291 g/mol. The van der Waals surface area contributed by atoms with Gasteiger partial charge in [0.25, 0.3) is 0 Å². The van der Waals surface area contributed by atoms with E-state index in [0.29, 0.717) is 18.4 Å². The number of amides is 3. The van der Waals surface area contributed by atoms with Gasteiger partial charge >= 0.3 is 12.0 Å². The zero-order valence-corrected chi connectivity index (χ0v) is 11.3. The first-order valence-corrected chi connectivity index (χ1v) is 6.57. The zero-order chi connectivity index (χ0) is 15.5. The molecule has 1 aliphatic rings. The highest BCUT2D eigenvalue weighted by molar-refractivity contribution is 5.88. The molecule has 5 N–H and O–H groups in total. The summed E-state index contributed by atoms with van der Waals surface area (Å²) in [7, 11) is 0. The maximum absolute atomic E-state index is 12.2. The van der Waals surface area contributed by atoms with Crippen molar-refractivity contribution in [3.05, 3.63) is 35.9 Å². The van der Waals surface area contributed by atoms with Gasteiger partial charge in [-0.2, -0.15) is 0 Å². The topological polar surface area (TPSA) is 122 Å². The van der Waals surface area contributed by atoms with E-state index in [9.17, 15) is 14.4 Å². The molecule has 0 aliphatic heterocycles. The summed E-state index contributed by atoms with van der Waals surface area (Å²) in [4.78, 5) is 34.3. The van der Waals surface area contributed by atoms with E-state index in [1.54, 1.807) is 30.3 Å². The van der Waals surface area contributed by atoms with Gasteiger partial charge in [-0.05, 0) is 18.4 Å². The Balaban J connectivity index is 2.05. The Morgan fingerprint density at radius 3 is 2.33 bits per heavy atom. The first-order valence-electron chi connectivity index (χ1n) is 6.57. The molecule has 1 unspecified atom stereocenters. The quantitative estimate of drug-likeness (QED) is 0.605. The Bertz CT molecular complexity index is 555. The molecular formula is C14H17N3O4. The molecule has 0 bridgehead atoms. The third-order valence-corrected chi connectivity index (χ3v) is 3.59. The SMILES string of the molecule is NC(=O)NC(C(=O)NCC1(C(=O)O)CC1)c1ccccc1. The third-order valence-electron chi connectivity index (χ3n) is 3.59. The van der Waals surface area contributed by atoms with E-state index in [2.05, 4.69) is 10.6 Å². The Morgan fingerprint density at radius 2 is 1.86 bits per heavy atom. The minimum Gasteiger partial charge on any atom is -0.481 e. The zero-order valence-electron chi connectivity index (χ0n) is 11.3. The fourth-order valence-corrected chi connectivity index (χ4v) is 2.06. The maximum atomic E-state index is 12.2. The summed E-state index contributed by atoms with van der Waals surface area (Å²) < 4.78 is 0. The van der Waals surface area contributed by atoms with Gasteiger partial charge in [-0.1, -0.05) is 30.3 Å². The van der Waals surface area contributed by atoms with Crippen molar-refractivity contribution in [2.75, 3.05) is 6.54 Å². The Labute approximate surface area is 121 Å². The van der Waals surface area contributed by atoms with E-state index in [4.69, 9.17) is 10.8 Å². The second-order valence-electron chi connectivity index (χ2n) is 5.16. The van der Waals surface area contributed by atoms with Gasteiger partial charge in [0.2, 0.25) is 5.91 Å². The number of hydrogen-bond donors (Lipinski definition) is 4. The van der Waals surface area contributed by atoms with Crippen molar-refractivity contribution in [3.63, 3.8) is 0 Å². The molecule has 2 rings (SSSR count). The molecule has 21 heavy (non-hydrogen) atoms. The van der Waals surface area contributed by atoms with Crippen LogP contribution < -0.4 is 16.4 Å². The molecule has 1 aliphatic carbocycles. The van der Waals surface area contributed by atoms with Crippen molar-refractivity contribution >= 4 is 17.9 Å². The normalized spacial score (nSPS) is 16.6. The van der Waals surface area contributed by atoms with Crippen molar-refractivity contribution in [3.8, 4) is 0 Å². The Kier molecular flexibility index (Phi) is 4.11. The minimum atomic E-state index is -0.937. The van der Waals surface area contributed by atoms with Crippen LogP contribution in [0.1, 0.15) is 24.4 Å². The fraction of sp³-hybridized carbons (Fsp3) is 0.357. The van der Waals surface area contributed by atoms with Crippen molar-refractivity contribution in [1.29, 1.82) is 0 Å². The molecule has 0 aromatic heterocycles. The lowest BCUT2D eigenvalue weighted by molar-refractivity contribution is -0.143. The molecule has 1 aromatic carbocycles. The van der Waals surface area contributed by atoms with Crippen molar-refractivity contribution in [2.24, 2.45) is 11.1 Å². The van der Waals surface area contributed by atoms with Crippen LogP contribution in [0, 0.1) is 5.41 Å². The highest BCUT2D eigenvalue weighted by Gasteiger charge is 2.50. The number of carbonyl (C=O) groups is 3. The number of carboxylic acid groups (broad SMARTS) is 1. The maximum Gasteiger partial charge on any atom is 0.313 e. The lowest BCUT2D eigenvalue weighted by Crippen LogP contribution is -2.44. The first-order chi connectivity index (χ1) is 9.94. The van der Waals surface area contributed by atoms with Crippen molar-refractivity contribution in [1.82, 2.24) is 10.6 Å². The molecule has 1 aromatic rings. The van der Waals surface area contributed by atoms with Crippen LogP contribution in [0.5, 0.6) is 0 Å². The number of benzene rings is 1. The summed E-state index contributed by atoms with van der Waals surface area (Å²) >= 11 is 0. The lowest BCUT2D eigenvalue weighted by atomic mass is 10.0. The van der Waals surface area contributed by atoms with Crippen LogP contribution in [0.15, 0.2) is 30.3 Å². The molecule has 1 saturated carbocycles. The fourth-order valence-electron chi connectivity index (χ4n) is 2.06. The summed E-state index contributed by atoms with van der Waals surface area (Å²) in [5, 5.41) is 14.0. The van der Waals surface area contributed by atoms with Gasteiger partial charge in [0.05, 0.1) is 5.41 Å². The average Bonchev–Trinajstić information content (AvgIpc) is 3.24. The molecular weight excluding hydrogens is 274 g/mol. The van der Waals surface area contributed by atoms with Gasteiger partial charge in [-0.15, -0.1) is 0 Å². The van der Waals surface area contributed by atoms with E-state index in [-0.39, 0.29) is 6.54 Å². The highest BCUT2D eigenvalue weighted by atomic mass is 16.4. The second kappa shape index (κ2) is 5.82. The van der Waals surface area contributed by atoms with E-state index in [1.807, 2.05) is 0 Å². The molecule has 0 heterocycles. The van der Waals surface area contributed by atoms with Crippen LogP contribution in [0.2, 0.25) is 0 Å². The smallest absolute Gasteiger partial charge is 0.313 e. The van der Waals surface area contributed by atoms with Gasteiger partial charge in [0, 0.05) is 6.54 Å². The number of aliphatic carboxylic acids is 1. The Hall–Kier alpha value is -2.57. The summed E-state index contributed by atoms with van der Waals surface area (Å²) in [5.41, 5.74) is 4.81. The van der Waals surface area contributed by atoms with Crippen molar-refractivity contribution in [2.45, 2.75) is 18.9 Å². The van der Waals surface area contributed by atoms with Crippen LogP contribution in [-0.4, -0.2) is 29.6 Å². The van der Waals surface area contributed by atoms with Crippen LogP contribution in [0.4, 0.5) is 4.79 Å². The van der Waals surface area contributed by atoms with Gasteiger partial charge in [0.1, 0.15) is 6.04 Å². The highest BCUT2D eigenvalue weighted by Crippen LogP contribution is 2.45. The molecule has 112 valence electrons. The Morgan fingerprint density at radius 1 is 1.24 bits per heavy atom. The van der Waals surface area contributed by atoms with E-state index >= 15 is 0 Å². The van der Waals surface area contributed by atoms with Gasteiger partial charge in [-0.25, -0.2) is 4.79 Å². The van der Waals surface area contributed by atoms with Gasteiger partial charge in [0.15, 0.2) is 0 Å². The van der Waals surface area contributed by atoms with Crippen molar-refractivity contribution < 1.29 is 19.5 Å². The molecule has 0 spiro atoms. The predicted molar refractivity (Wildman–Crippen MR) is 74.2 cm³/mol. The number of nitrogens with two attached hydrogens (primary N) is 1. The number of hydrogen-bond acceptors (Lipinski definition) is 3. The van der Waals surface area contributed by atoms with Crippen LogP contribution in [0.25, 0.3) is 0 Å². The minimum absolute atomic E-state index is 0.0466. The number of carboxylic acids is 1. The largest absolute Gasteiger partial charge is 0.481 e. The lowest BCUT2D eigenvalue weighted by Gasteiger charge is -2.19. The molecule has 7 nitrogen and oxygen atoms in total. The molecule has 0 radical (unpaired) electrons. The van der Waals surface area contributed by atoms with E-state index < -0.39 is 29.4 Å². The van der Waals surface area contributed by atoms with Gasteiger partial charge < -0.3 is 21.5 Å². The van der Waals surface area contributed by atoms with Crippen LogP contribution in [0.3, 0.4) is 0 Å². The average molecular weight is 291 g/mol. The van der Waals surface area contributed by atoms with Crippen LogP contribution in [-0.2, 0) is 9.59 Å². The summed E-state index contributed by atoms with van der Waals surface area (Å²) in [6.07, 6.45) is 1.09. The van der Waals surface area contributed by atoms with E-state index in [0.717, 1.165) is 0 Å². The second-order valence-corrected chi connectivity index (χ2v) is 5.16. The summed E-state index contributed by atoms with van der Waals surface area (Å²) in [6.45, 7) is 0.0466. The molecule has 1 atom stereocenters. The van der Waals surface area contributed by atoms with Crippen LogP contribution >= 0.6 is 0 Å². The number of rotatable bonds is 6. The first kappa shape index (κ1) is 14.8. The molecule has 7 heteroatoms. The number of urea groups is 1. The summed E-state index contributed by atoms with van der Waals surface area (Å²) in [5.74, 6) is -1.39. The summed E-state index contributed by atoms with van der Waals surface area (Å²) in [6, 6.07) is 6.86. The van der Waals surface area contributed by atoms with E-state index in [1.165, 1.54) is 0 Å². The number of carbonyl (C=O) groups excluding carboxylic acids is 2. The number of nitrogens with one attached hydrogen (secondary N) is 2. The molecule has 3 amide bonds. The molecule has 1 fully saturated rings. The standard InChI is InChI=1S/C14H17N3O4/c15-13(21)17-10(9-4-2-1-3-5-9)11(18)16-8-14(6-7-14)12(19)20/h1-5,10H,6-8H2,(H,16,18)(H,19,20)(H3,15,17,21). The molecule has 0 saturated heterocycles. The predicted octanol–water partition coefficient (Wildman–Crippen LogP) is 0.377. The third kappa shape index (κ3) is 3.50. The van der Waals surface area contributed by atoms with Gasteiger partial charge in [-0.3, -0.25) is 9.59 Å². The number of primary amides is 1.